The Labute approximate surface area is 120 Å². The molecule has 0 radical (unpaired) electrons. The largest absolute Gasteiger partial charge is 0.271 e. The van der Waals surface area contributed by atoms with Crippen LogP contribution in [0.5, 0.6) is 0 Å². The van der Waals surface area contributed by atoms with E-state index in [0.717, 1.165) is 0 Å². The highest BCUT2D eigenvalue weighted by Crippen LogP contribution is 2.50. The van der Waals surface area contributed by atoms with Gasteiger partial charge in [-0.05, 0) is 41.7 Å². The van der Waals surface area contributed by atoms with Crippen LogP contribution in [0.1, 0.15) is 50.6 Å². The van der Waals surface area contributed by atoms with Crippen molar-refractivity contribution >= 4 is 10.8 Å². The fourth-order valence-electron chi connectivity index (χ4n) is 3.92. The summed E-state index contributed by atoms with van der Waals surface area (Å²) in [6.07, 6.45) is 10.1. The third kappa shape index (κ3) is 2.11. The average molecular weight is 269 g/mol. The van der Waals surface area contributed by atoms with E-state index in [-0.39, 0.29) is 6.04 Å². The van der Waals surface area contributed by atoms with Gasteiger partial charge in [-0.25, -0.2) is 0 Å². The number of hydrogen-bond donors (Lipinski definition) is 2. The predicted octanol–water partition coefficient (Wildman–Crippen LogP) is 3.71. The van der Waals surface area contributed by atoms with E-state index < -0.39 is 0 Å². The van der Waals surface area contributed by atoms with Crippen molar-refractivity contribution in [1.29, 1.82) is 0 Å². The number of rotatable bonds is 4. The molecule has 1 saturated carbocycles. The third-order valence-corrected chi connectivity index (χ3v) is 5.11. The van der Waals surface area contributed by atoms with Crippen molar-refractivity contribution in [3.63, 3.8) is 0 Å². The van der Waals surface area contributed by atoms with Crippen LogP contribution < -0.4 is 11.3 Å². The maximum absolute atomic E-state index is 5.97. The van der Waals surface area contributed by atoms with Crippen molar-refractivity contribution in [1.82, 2.24) is 10.4 Å². The summed E-state index contributed by atoms with van der Waals surface area (Å²) in [6, 6.07) is 8.77. The Balaban J connectivity index is 2.12. The van der Waals surface area contributed by atoms with Gasteiger partial charge in [-0.3, -0.25) is 16.3 Å². The lowest BCUT2D eigenvalue weighted by atomic mass is 9.73. The first-order valence-electron chi connectivity index (χ1n) is 7.59. The van der Waals surface area contributed by atoms with Crippen LogP contribution in [0.25, 0.3) is 10.8 Å². The van der Waals surface area contributed by atoms with E-state index >= 15 is 0 Å². The molecule has 0 spiro atoms. The van der Waals surface area contributed by atoms with Crippen LogP contribution >= 0.6 is 0 Å². The van der Waals surface area contributed by atoms with Crippen molar-refractivity contribution in [2.45, 2.75) is 45.1 Å². The molecule has 20 heavy (non-hydrogen) atoms. The molecule has 1 fully saturated rings. The summed E-state index contributed by atoms with van der Waals surface area (Å²) in [5.74, 6) is 5.97. The zero-order valence-corrected chi connectivity index (χ0v) is 12.1. The number of nitrogens with two attached hydrogens (primary N) is 1. The number of benzene rings is 1. The van der Waals surface area contributed by atoms with Gasteiger partial charge >= 0.3 is 0 Å². The molecule has 1 heterocycles. The van der Waals surface area contributed by atoms with Crippen molar-refractivity contribution in [2.24, 2.45) is 11.3 Å². The number of fused-ring (bicyclic) bond motifs is 1. The third-order valence-electron chi connectivity index (χ3n) is 5.11. The van der Waals surface area contributed by atoms with E-state index in [1.54, 1.807) is 0 Å². The molecule has 0 amide bonds. The molecule has 3 N–H and O–H groups in total. The summed E-state index contributed by atoms with van der Waals surface area (Å²) in [5, 5.41) is 2.46. The van der Waals surface area contributed by atoms with E-state index in [9.17, 15) is 0 Å². The molecular formula is C17H23N3. The van der Waals surface area contributed by atoms with Crippen LogP contribution in [-0.4, -0.2) is 4.98 Å². The number of hydrazine groups is 1. The standard InChI is InChI=1S/C17H23N3/c1-2-17(9-3-4-10-17)16(20-18)15-7-5-6-13-12-19-11-8-14(13)15/h5-8,11-12,16,20H,2-4,9-10,18H2,1H3. The summed E-state index contributed by atoms with van der Waals surface area (Å²) < 4.78 is 0. The van der Waals surface area contributed by atoms with Gasteiger partial charge in [0, 0.05) is 17.8 Å². The zero-order chi connectivity index (χ0) is 14.0. The van der Waals surface area contributed by atoms with Crippen LogP contribution in [0, 0.1) is 5.41 Å². The highest BCUT2D eigenvalue weighted by molar-refractivity contribution is 5.85. The minimum atomic E-state index is 0.223. The van der Waals surface area contributed by atoms with Crippen molar-refractivity contribution in [2.75, 3.05) is 0 Å². The number of hydrogen-bond acceptors (Lipinski definition) is 3. The van der Waals surface area contributed by atoms with Crippen LogP contribution in [-0.2, 0) is 0 Å². The Hall–Kier alpha value is -1.45. The number of pyridine rings is 1. The second-order valence-electron chi connectivity index (χ2n) is 5.97. The fourth-order valence-corrected chi connectivity index (χ4v) is 3.92. The normalized spacial score (nSPS) is 19.3. The maximum atomic E-state index is 5.97. The lowest BCUT2D eigenvalue weighted by Gasteiger charge is -2.37. The molecule has 0 aliphatic heterocycles. The van der Waals surface area contributed by atoms with Crippen LogP contribution in [0.4, 0.5) is 0 Å². The van der Waals surface area contributed by atoms with E-state index in [0.29, 0.717) is 5.41 Å². The Bertz CT molecular complexity index is 582. The summed E-state index contributed by atoms with van der Waals surface area (Å²) in [5.41, 5.74) is 4.74. The fraction of sp³-hybridized carbons (Fsp3) is 0.471. The molecule has 106 valence electrons. The molecule has 1 aliphatic carbocycles. The molecule has 1 aromatic carbocycles. The van der Waals surface area contributed by atoms with Crippen LogP contribution in [0.3, 0.4) is 0 Å². The smallest absolute Gasteiger partial charge is 0.0522 e. The molecule has 3 rings (SSSR count). The number of nitrogens with one attached hydrogen (secondary N) is 1. The van der Waals surface area contributed by atoms with Gasteiger partial charge in [-0.2, -0.15) is 0 Å². The topological polar surface area (TPSA) is 50.9 Å². The molecule has 3 nitrogen and oxygen atoms in total. The molecule has 1 aliphatic rings. The molecule has 3 heteroatoms. The number of aromatic nitrogens is 1. The highest BCUT2D eigenvalue weighted by Gasteiger charge is 2.40. The first-order valence-corrected chi connectivity index (χ1v) is 7.59. The minimum Gasteiger partial charge on any atom is -0.271 e. The summed E-state index contributed by atoms with van der Waals surface area (Å²) in [4.78, 5) is 4.22. The average Bonchev–Trinajstić information content (AvgIpc) is 2.98. The summed E-state index contributed by atoms with van der Waals surface area (Å²) in [6.45, 7) is 2.29. The molecular weight excluding hydrogens is 246 g/mol. The van der Waals surface area contributed by atoms with Crippen molar-refractivity contribution in [3.8, 4) is 0 Å². The van der Waals surface area contributed by atoms with Crippen molar-refractivity contribution in [3.05, 3.63) is 42.2 Å². The SMILES string of the molecule is CCC1(C(NN)c2cccc3cnccc23)CCCC1. The molecule has 0 bridgehead atoms. The first-order chi connectivity index (χ1) is 9.80. The van der Waals surface area contributed by atoms with Crippen molar-refractivity contribution < 1.29 is 0 Å². The van der Waals surface area contributed by atoms with Gasteiger partial charge in [-0.15, -0.1) is 0 Å². The van der Waals surface area contributed by atoms with E-state index in [4.69, 9.17) is 5.84 Å². The van der Waals surface area contributed by atoms with Gasteiger partial charge in [0.25, 0.3) is 0 Å². The first kappa shape index (κ1) is 13.5. The van der Waals surface area contributed by atoms with Crippen LogP contribution in [0.15, 0.2) is 36.7 Å². The Morgan fingerprint density at radius 3 is 2.80 bits per heavy atom. The molecule has 1 unspecified atom stereocenters. The van der Waals surface area contributed by atoms with E-state index in [1.807, 2.05) is 12.4 Å². The minimum absolute atomic E-state index is 0.223. The molecule has 1 atom stereocenters. The second-order valence-corrected chi connectivity index (χ2v) is 5.97. The second kappa shape index (κ2) is 5.51. The van der Waals surface area contributed by atoms with Gasteiger partial charge in [0.15, 0.2) is 0 Å². The van der Waals surface area contributed by atoms with Crippen LogP contribution in [0.2, 0.25) is 0 Å². The quantitative estimate of drug-likeness (QED) is 0.657. The molecule has 2 aromatic rings. The lowest BCUT2D eigenvalue weighted by molar-refractivity contribution is 0.189. The highest BCUT2D eigenvalue weighted by atomic mass is 15.2. The maximum Gasteiger partial charge on any atom is 0.0522 e. The monoisotopic (exact) mass is 269 g/mol. The number of nitrogens with zero attached hydrogens (tertiary/aromatic N) is 1. The Morgan fingerprint density at radius 2 is 2.10 bits per heavy atom. The summed E-state index contributed by atoms with van der Waals surface area (Å²) >= 11 is 0. The Kier molecular flexibility index (Phi) is 3.72. The lowest BCUT2D eigenvalue weighted by Crippen LogP contribution is -2.40. The van der Waals surface area contributed by atoms with E-state index in [1.165, 1.54) is 48.4 Å². The molecule has 0 saturated heterocycles. The van der Waals surface area contributed by atoms with Gasteiger partial charge in [0.2, 0.25) is 0 Å². The van der Waals surface area contributed by atoms with Gasteiger partial charge < -0.3 is 0 Å². The van der Waals surface area contributed by atoms with E-state index in [2.05, 4.69) is 41.6 Å². The summed E-state index contributed by atoms with van der Waals surface area (Å²) in [7, 11) is 0. The Morgan fingerprint density at radius 1 is 1.30 bits per heavy atom. The predicted molar refractivity (Wildman–Crippen MR) is 83.0 cm³/mol. The van der Waals surface area contributed by atoms with Gasteiger partial charge in [-0.1, -0.05) is 38.0 Å². The zero-order valence-electron chi connectivity index (χ0n) is 12.1. The van der Waals surface area contributed by atoms with Gasteiger partial charge in [0.05, 0.1) is 6.04 Å². The molecule has 1 aromatic heterocycles. The van der Waals surface area contributed by atoms with Gasteiger partial charge in [0.1, 0.15) is 0 Å².